The summed E-state index contributed by atoms with van der Waals surface area (Å²) in [6, 6.07) is 10.3. The second-order valence-electron chi connectivity index (χ2n) is 4.62. The molecule has 0 aromatic heterocycles. The Kier molecular flexibility index (Phi) is 4.98. The lowest BCUT2D eigenvalue weighted by Gasteiger charge is -2.27. The van der Waals surface area contributed by atoms with Gasteiger partial charge in [0.25, 0.3) is 0 Å². The van der Waals surface area contributed by atoms with Crippen LogP contribution in [0.15, 0.2) is 30.3 Å². The Bertz CT molecular complexity index is 309. The van der Waals surface area contributed by atoms with Gasteiger partial charge < -0.3 is 15.2 Å². The Morgan fingerprint density at radius 3 is 2.82 bits per heavy atom. The van der Waals surface area contributed by atoms with E-state index in [9.17, 15) is 5.11 Å². The van der Waals surface area contributed by atoms with Gasteiger partial charge in [0, 0.05) is 6.04 Å². The van der Waals surface area contributed by atoms with E-state index in [2.05, 4.69) is 5.32 Å². The lowest BCUT2D eigenvalue weighted by molar-refractivity contribution is 0.00438. The third-order valence-electron chi connectivity index (χ3n) is 3.21. The van der Waals surface area contributed by atoms with Gasteiger partial charge in [0.2, 0.25) is 0 Å². The molecule has 0 amide bonds. The normalized spacial score (nSPS) is 22.3. The number of benzene rings is 1. The molecule has 1 aliphatic heterocycles. The fraction of sp³-hybridized carbons (Fsp3) is 0.571. The first-order valence-electron chi connectivity index (χ1n) is 6.39. The zero-order valence-corrected chi connectivity index (χ0v) is 10.1. The predicted molar refractivity (Wildman–Crippen MR) is 67.7 cm³/mol. The lowest BCUT2D eigenvalue weighted by atomic mass is 10.0. The molecule has 1 saturated heterocycles. The molecule has 1 aromatic carbocycles. The number of piperidine rings is 1. The molecule has 3 heteroatoms. The van der Waals surface area contributed by atoms with Crippen molar-refractivity contribution in [3.8, 4) is 0 Å². The zero-order valence-electron chi connectivity index (χ0n) is 10.1. The molecule has 0 saturated carbocycles. The minimum atomic E-state index is -0.390. The molecule has 2 N–H and O–H groups in total. The molecule has 1 heterocycles. The van der Waals surface area contributed by atoms with Crippen molar-refractivity contribution in [3.63, 3.8) is 0 Å². The molecule has 1 aliphatic rings. The topological polar surface area (TPSA) is 41.5 Å². The highest BCUT2D eigenvalue weighted by molar-refractivity contribution is 5.13. The van der Waals surface area contributed by atoms with Crippen LogP contribution in [0.2, 0.25) is 0 Å². The van der Waals surface area contributed by atoms with Crippen LogP contribution in [0.1, 0.15) is 24.8 Å². The van der Waals surface area contributed by atoms with Crippen LogP contribution < -0.4 is 5.32 Å². The molecule has 17 heavy (non-hydrogen) atoms. The van der Waals surface area contributed by atoms with Gasteiger partial charge in [0.05, 0.1) is 19.3 Å². The van der Waals surface area contributed by atoms with Gasteiger partial charge >= 0.3 is 0 Å². The molecule has 2 atom stereocenters. The second kappa shape index (κ2) is 6.74. The Morgan fingerprint density at radius 2 is 2.12 bits per heavy atom. The third-order valence-corrected chi connectivity index (χ3v) is 3.21. The molecule has 0 aliphatic carbocycles. The van der Waals surface area contributed by atoms with Crippen LogP contribution in [0.25, 0.3) is 0 Å². The highest BCUT2D eigenvalue weighted by atomic mass is 16.5. The number of nitrogens with one attached hydrogen (secondary N) is 1. The first kappa shape index (κ1) is 12.6. The Hall–Kier alpha value is -0.900. The summed E-state index contributed by atoms with van der Waals surface area (Å²) in [5, 5.41) is 13.3. The maximum atomic E-state index is 9.96. The standard InChI is InChI=1S/C14H21NO2/c16-14(13-8-4-5-9-15-13)11-17-10-12-6-2-1-3-7-12/h1-3,6-7,13-16H,4-5,8-11H2/t13-,14+/m0/s1. The quantitative estimate of drug-likeness (QED) is 0.816. The number of hydrogen-bond donors (Lipinski definition) is 2. The van der Waals surface area contributed by atoms with Crippen LogP contribution in [0.4, 0.5) is 0 Å². The fourth-order valence-corrected chi connectivity index (χ4v) is 2.20. The molecule has 0 bridgehead atoms. The first-order chi connectivity index (χ1) is 8.36. The van der Waals surface area contributed by atoms with E-state index in [4.69, 9.17) is 4.74 Å². The molecular formula is C14H21NO2. The van der Waals surface area contributed by atoms with Crippen molar-refractivity contribution in [3.05, 3.63) is 35.9 Å². The Labute approximate surface area is 103 Å². The van der Waals surface area contributed by atoms with Crippen LogP contribution >= 0.6 is 0 Å². The monoisotopic (exact) mass is 235 g/mol. The number of aliphatic hydroxyl groups excluding tert-OH is 1. The number of hydrogen-bond acceptors (Lipinski definition) is 3. The summed E-state index contributed by atoms with van der Waals surface area (Å²) in [5.74, 6) is 0. The SMILES string of the molecule is O[C@H](COCc1ccccc1)[C@@H]1CCCCN1. The molecule has 0 radical (unpaired) electrons. The average Bonchev–Trinajstić information content (AvgIpc) is 2.41. The fourth-order valence-electron chi connectivity index (χ4n) is 2.20. The van der Waals surface area contributed by atoms with E-state index in [0.717, 1.165) is 18.5 Å². The van der Waals surface area contributed by atoms with Crippen LogP contribution in [0, 0.1) is 0 Å². The summed E-state index contributed by atoms with van der Waals surface area (Å²) < 4.78 is 5.54. The predicted octanol–water partition coefficient (Wildman–Crippen LogP) is 1.71. The van der Waals surface area contributed by atoms with E-state index < -0.39 is 0 Å². The van der Waals surface area contributed by atoms with E-state index in [1.54, 1.807) is 0 Å². The van der Waals surface area contributed by atoms with Crippen LogP contribution in [-0.4, -0.2) is 30.4 Å². The Morgan fingerprint density at radius 1 is 1.29 bits per heavy atom. The molecule has 94 valence electrons. The molecule has 3 nitrogen and oxygen atoms in total. The smallest absolute Gasteiger partial charge is 0.0926 e. The van der Waals surface area contributed by atoms with Crippen molar-refractivity contribution in [2.45, 2.75) is 38.0 Å². The van der Waals surface area contributed by atoms with Crippen molar-refractivity contribution in [2.75, 3.05) is 13.2 Å². The summed E-state index contributed by atoms with van der Waals surface area (Å²) in [7, 11) is 0. The number of rotatable bonds is 5. The maximum Gasteiger partial charge on any atom is 0.0926 e. The van der Waals surface area contributed by atoms with Crippen molar-refractivity contribution >= 4 is 0 Å². The van der Waals surface area contributed by atoms with Crippen molar-refractivity contribution in [1.82, 2.24) is 5.32 Å². The van der Waals surface area contributed by atoms with Gasteiger partial charge in [-0.2, -0.15) is 0 Å². The summed E-state index contributed by atoms with van der Waals surface area (Å²) in [6.45, 7) is 2.00. The van der Waals surface area contributed by atoms with Gasteiger partial charge in [0.15, 0.2) is 0 Å². The third kappa shape index (κ3) is 4.11. The van der Waals surface area contributed by atoms with Gasteiger partial charge in [-0.05, 0) is 24.9 Å². The molecule has 0 unspecified atom stereocenters. The first-order valence-corrected chi connectivity index (χ1v) is 6.39. The largest absolute Gasteiger partial charge is 0.389 e. The van der Waals surface area contributed by atoms with E-state index in [1.165, 1.54) is 12.8 Å². The summed E-state index contributed by atoms with van der Waals surface area (Å²) >= 11 is 0. The minimum absolute atomic E-state index is 0.208. The number of aliphatic hydroxyl groups is 1. The van der Waals surface area contributed by atoms with E-state index in [1.807, 2.05) is 30.3 Å². The minimum Gasteiger partial charge on any atom is -0.389 e. The second-order valence-corrected chi connectivity index (χ2v) is 4.62. The summed E-state index contributed by atoms with van der Waals surface area (Å²) in [4.78, 5) is 0. The highest BCUT2D eigenvalue weighted by Crippen LogP contribution is 2.11. The summed E-state index contributed by atoms with van der Waals surface area (Å²) in [6.07, 6.45) is 3.08. The molecule has 2 rings (SSSR count). The van der Waals surface area contributed by atoms with Gasteiger partial charge in [-0.15, -0.1) is 0 Å². The average molecular weight is 235 g/mol. The molecule has 0 spiro atoms. The van der Waals surface area contributed by atoms with Gasteiger partial charge in [0.1, 0.15) is 0 Å². The molecular weight excluding hydrogens is 214 g/mol. The van der Waals surface area contributed by atoms with Crippen molar-refractivity contribution in [2.24, 2.45) is 0 Å². The van der Waals surface area contributed by atoms with Crippen LogP contribution in [0.3, 0.4) is 0 Å². The summed E-state index contributed by atoms with van der Waals surface area (Å²) in [5.41, 5.74) is 1.15. The molecule has 1 aromatic rings. The lowest BCUT2D eigenvalue weighted by Crippen LogP contribution is -2.45. The van der Waals surface area contributed by atoms with Gasteiger partial charge in [-0.1, -0.05) is 36.8 Å². The van der Waals surface area contributed by atoms with Gasteiger partial charge in [-0.3, -0.25) is 0 Å². The van der Waals surface area contributed by atoms with Crippen molar-refractivity contribution < 1.29 is 9.84 Å². The number of ether oxygens (including phenoxy) is 1. The van der Waals surface area contributed by atoms with E-state index in [0.29, 0.717) is 13.2 Å². The molecule has 1 fully saturated rings. The van der Waals surface area contributed by atoms with E-state index in [-0.39, 0.29) is 12.1 Å². The Balaban J connectivity index is 1.67. The highest BCUT2D eigenvalue weighted by Gasteiger charge is 2.20. The van der Waals surface area contributed by atoms with Crippen molar-refractivity contribution in [1.29, 1.82) is 0 Å². The van der Waals surface area contributed by atoms with Gasteiger partial charge in [-0.25, -0.2) is 0 Å². The van der Waals surface area contributed by atoms with Crippen LogP contribution in [0.5, 0.6) is 0 Å². The zero-order chi connectivity index (χ0) is 11.9. The van der Waals surface area contributed by atoms with Crippen LogP contribution in [-0.2, 0) is 11.3 Å². The van der Waals surface area contributed by atoms with E-state index >= 15 is 0 Å². The maximum absolute atomic E-state index is 9.96.